The van der Waals surface area contributed by atoms with Crippen LogP contribution >= 0.6 is 0 Å². The van der Waals surface area contributed by atoms with Crippen LogP contribution in [0.15, 0.2) is 88.8 Å². The number of aliphatic hydroxyl groups excluding tert-OH is 3. The molecule has 3 aromatic carbocycles. The summed E-state index contributed by atoms with van der Waals surface area (Å²) in [7, 11) is -2.34. The summed E-state index contributed by atoms with van der Waals surface area (Å²) < 4.78 is 44.1. The SMILES string of the molecule is COc1cccc([C@H]2OC(c3ccc(OCCCO)cc3)=N[C@@]2(CCS(=O)(=O)c2ccccc2)C(=O)NC(CO)CO)c1. The average Bonchev–Trinajstić information content (AvgIpc) is 3.44. The van der Waals surface area contributed by atoms with E-state index in [9.17, 15) is 23.4 Å². The van der Waals surface area contributed by atoms with E-state index in [1.165, 1.54) is 19.2 Å². The average molecular weight is 613 g/mol. The molecule has 0 saturated carbocycles. The lowest BCUT2D eigenvalue weighted by Gasteiger charge is -2.32. The Morgan fingerprint density at radius 2 is 1.72 bits per heavy atom. The molecule has 1 aliphatic rings. The normalized spacial score (nSPS) is 18.2. The summed E-state index contributed by atoms with van der Waals surface area (Å²) in [4.78, 5) is 18.9. The van der Waals surface area contributed by atoms with E-state index >= 15 is 0 Å². The largest absolute Gasteiger partial charge is 0.497 e. The number of ether oxygens (including phenoxy) is 3. The van der Waals surface area contributed by atoms with E-state index in [-0.39, 0.29) is 23.8 Å². The fraction of sp³-hybridized carbons (Fsp3) is 0.355. The van der Waals surface area contributed by atoms with Gasteiger partial charge in [-0.05, 0) is 54.1 Å². The van der Waals surface area contributed by atoms with Crippen LogP contribution in [0, 0.1) is 0 Å². The molecule has 43 heavy (non-hydrogen) atoms. The standard InChI is InChI=1S/C31H36N2O9S/c1-40-26-8-5-7-23(19-26)28-31(30(37)32-24(20-35)21-36,15-18-43(38,39)27-9-3-2-4-10-27)33-29(42-28)22-11-13-25(14-12-22)41-17-6-16-34/h2-5,7-14,19,24,28,34-36H,6,15-18,20-21H2,1H3,(H,32,37)/t28-,31-/m1/s1. The van der Waals surface area contributed by atoms with E-state index in [1.807, 2.05) is 0 Å². The molecule has 0 fully saturated rings. The molecule has 1 amide bonds. The molecule has 11 nitrogen and oxygen atoms in total. The van der Waals surface area contributed by atoms with Gasteiger partial charge in [-0.25, -0.2) is 13.4 Å². The van der Waals surface area contributed by atoms with Crippen LogP contribution < -0.4 is 14.8 Å². The molecule has 1 aliphatic heterocycles. The third-order valence-electron chi connectivity index (χ3n) is 7.06. The van der Waals surface area contributed by atoms with Crippen LogP contribution in [0.2, 0.25) is 0 Å². The smallest absolute Gasteiger partial charge is 0.252 e. The predicted molar refractivity (Wildman–Crippen MR) is 159 cm³/mol. The Morgan fingerprint density at radius 1 is 1.00 bits per heavy atom. The van der Waals surface area contributed by atoms with Crippen molar-refractivity contribution in [3.05, 3.63) is 90.0 Å². The minimum Gasteiger partial charge on any atom is -0.497 e. The van der Waals surface area contributed by atoms with E-state index in [0.29, 0.717) is 35.7 Å². The lowest BCUT2D eigenvalue weighted by molar-refractivity contribution is -0.130. The minimum absolute atomic E-state index is 0.00590. The predicted octanol–water partition coefficient (Wildman–Crippen LogP) is 2.05. The number of hydrogen-bond donors (Lipinski definition) is 4. The molecular formula is C31H36N2O9S. The van der Waals surface area contributed by atoms with E-state index < -0.39 is 52.4 Å². The lowest BCUT2D eigenvalue weighted by Crippen LogP contribution is -2.53. The Balaban J connectivity index is 1.79. The van der Waals surface area contributed by atoms with Crippen molar-refractivity contribution in [1.29, 1.82) is 0 Å². The van der Waals surface area contributed by atoms with Crippen molar-refractivity contribution in [3.63, 3.8) is 0 Å². The molecule has 0 radical (unpaired) electrons. The minimum atomic E-state index is -3.84. The monoisotopic (exact) mass is 612 g/mol. The second-order valence-electron chi connectivity index (χ2n) is 9.98. The molecule has 0 spiro atoms. The van der Waals surface area contributed by atoms with Crippen LogP contribution in [0.5, 0.6) is 11.5 Å². The number of aliphatic imine (C=N–C) groups is 1. The number of nitrogens with one attached hydrogen (secondary N) is 1. The number of methoxy groups -OCH3 is 1. The zero-order chi connectivity index (χ0) is 30.9. The molecular weight excluding hydrogens is 576 g/mol. The fourth-order valence-electron chi connectivity index (χ4n) is 4.67. The number of sulfone groups is 1. The van der Waals surface area contributed by atoms with Crippen LogP contribution in [0.1, 0.15) is 30.1 Å². The van der Waals surface area contributed by atoms with Gasteiger partial charge in [0.2, 0.25) is 5.90 Å². The van der Waals surface area contributed by atoms with E-state index in [2.05, 4.69) is 5.32 Å². The molecule has 0 saturated heterocycles. The van der Waals surface area contributed by atoms with Gasteiger partial charge in [-0.1, -0.05) is 30.3 Å². The number of rotatable bonds is 15. The van der Waals surface area contributed by atoms with Crippen molar-refractivity contribution < 1.29 is 42.7 Å². The Labute approximate surface area is 250 Å². The van der Waals surface area contributed by atoms with E-state index in [4.69, 9.17) is 24.3 Å². The van der Waals surface area contributed by atoms with Crippen LogP contribution in [-0.2, 0) is 19.4 Å². The highest BCUT2D eigenvalue weighted by Crippen LogP contribution is 2.44. The van der Waals surface area contributed by atoms with Crippen molar-refractivity contribution in [3.8, 4) is 11.5 Å². The van der Waals surface area contributed by atoms with Gasteiger partial charge in [0.25, 0.3) is 5.91 Å². The van der Waals surface area contributed by atoms with Gasteiger partial charge in [0, 0.05) is 25.0 Å². The molecule has 0 aliphatic carbocycles. The van der Waals surface area contributed by atoms with Crippen molar-refractivity contribution in [2.24, 2.45) is 4.99 Å². The summed E-state index contributed by atoms with van der Waals surface area (Å²) in [6.45, 7) is -0.744. The van der Waals surface area contributed by atoms with Gasteiger partial charge >= 0.3 is 0 Å². The van der Waals surface area contributed by atoms with E-state index in [0.717, 1.165) is 0 Å². The maximum atomic E-state index is 14.1. The Bertz CT molecular complexity index is 1490. The van der Waals surface area contributed by atoms with Gasteiger partial charge in [-0.3, -0.25) is 4.79 Å². The third kappa shape index (κ3) is 7.52. The van der Waals surface area contributed by atoms with Gasteiger partial charge in [-0.15, -0.1) is 0 Å². The Kier molecular flexibility index (Phi) is 10.8. The Hall–Kier alpha value is -3.97. The number of benzene rings is 3. The molecule has 3 aromatic rings. The first-order chi connectivity index (χ1) is 20.8. The zero-order valence-electron chi connectivity index (χ0n) is 23.8. The molecule has 12 heteroatoms. The van der Waals surface area contributed by atoms with Crippen LogP contribution in [0.3, 0.4) is 0 Å². The van der Waals surface area contributed by atoms with Crippen molar-refractivity contribution >= 4 is 21.6 Å². The lowest BCUT2D eigenvalue weighted by atomic mass is 9.84. The fourth-order valence-corrected chi connectivity index (χ4v) is 6.06. The van der Waals surface area contributed by atoms with Crippen molar-refractivity contribution in [2.45, 2.75) is 35.4 Å². The van der Waals surface area contributed by atoms with Gasteiger partial charge < -0.3 is 34.8 Å². The second-order valence-corrected chi connectivity index (χ2v) is 12.1. The summed E-state index contributed by atoms with van der Waals surface area (Å²) >= 11 is 0. The Morgan fingerprint density at radius 3 is 2.37 bits per heavy atom. The molecule has 230 valence electrons. The molecule has 0 bridgehead atoms. The van der Waals surface area contributed by atoms with Gasteiger partial charge in [-0.2, -0.15) is 0 Å². The number of carbonyl (C=O) groups excluding carboxylic acids is 1. The van der Waals surface area contributed by atoms with Gasteiger partial charge in [0.1, 0.15) is 11.5 Å². The number of amides is 1. The third-order valence-corrected chi connectivity index (χ3v) is 8.79. The molecule has 1 heterocycles. The zero-order valence-corrected chi connectivity index (χ0v) is 24.6. The van der Waals surface area contributed by atoms with Gasteiger partial charge in [0.15, 0.2) is 21.5 Å². The number of carbonyl (C=O) groups is 1. The van der Waals surface area contributed by atoms with E-state index in [1.54, 1.807) is 66.7 Å². The number of hydrogen-bond acceptors (Lipinski definition) is 10. The summed E-state index contributed by atoms with van der Waals surface area (Å²) in [6.07, 6.45) is -0.874. The van der Waals surface area contributed by atoms with Gasteiger partial charge in [0.05, 0.1) is 43.6 Å². The van der Waals surface area contributed by atoms with Crippen LogP contribution in [-0.4, -0.2) is 86.4 Å². The summed E-state index contributed by atoms with van der Waals surface area (Å²) in [5.41, 5.74) is -0.773. The first-order valence-electron chi connectivity index (χ1n) is 13.8. The highest BCUT2D eigenvalue weighted by atomic mass is 32.2. The van der Waals surface area contributed by atoms with Crippen molar-refractivity contribution in [1.82, 2.24) is 5.32 Å². The summed E-state index contributed by atoms with van der Waals surface area (Å²) in [5, 5.41) is 31.1. The maximum absolute atomic E-state index is 14.1. The quantitative estimate of drug-likeness (QED) is 0.188. The summed E-state index contributed by atoms with van der Waals surface area (Å²) in [6, 6.07) is 20.6. The highest BCUT2D eigenvalue weighted by Gasteiger charge is 2.54. The summed E-state index contributed by atoms with van der Waals surface area (Å²) in [5.74, 6) is 0.00809. The maximum Gasteiger partial charge on any atom is 0.252 e. The number of aliphatic hydroxyl groups is 3. The van der Waals surface area contributed by atoms with Crippen LogP contribution in [0.4, 0.5) is 0 Å². The van der Waals surface area contributed by atoms with Crippen molar-refractivity contribution in [2.75, 3.05) is 39.3 Å². The van der Waals surface area contributed by atoms with Crippen LogP contribution in [0.25, 0.3) is 0 Å². The molecule has 0 unspecified atom stereocenters. The topological polar surface area (TPSA) is 164 Å². The number of nitrogens with zero attached hydrogens (tertiary/aromatic N) is 1. The highest BCUT2D eigenvalue weighted by molar-refractivity contribution is 7.91. The first kappa shape index (κ1) is 32.0. The molecule has 4 N–H and O–H groups in total. The second kappa shape index (κ2) is 14.5. The molecule has 2 atom stereocenters. The molecule has 0 aromatic heterocycles. The first-order valence-corrected chi connectivity index (χ1v) is 15.5. The molecule has 4 rings (SSSR count).